The van der Waals surface area contributed by atoms with Crippen LogP contribution in [0.1, 0.15) is 0 Å². The molecule has 0 saturated carbocycles. The maximum atomic E-state index is 8.25. The molecular formula is AgN3O9. The first-order chi connectivity index (χ1) is 5.20. The standard InChI is InChI=1S/Ag.3NO3/c;3*2-1(3)4/q+3;3*-1. The third kappa shape index (κ3) is 261. The van der Waals surface area contributed by atoms with Crippen LogP contribution >= 0.6 is 0 Å². The molecular weight excluding hydrogens is 294 g/mol. The Morgan fingerprint density at radius 3 is 0.538 bits per heavy atom. The van der Waals surface area contributed by atoms with Gasteiger partial charge >= 0.3 is 22.4 Å². The van der Waals surface area contributed by atoms with Gasteiger partial charge in [-0.15, -0.1) is 0 Å². The largest absolute Gasteiger partial charge is 3.00 e. The molecule has 12 nitrogen and oxygen atoms in total. The Bertz CT molecular complexity index is 112. The second-order valence-corrected chi connectivity index (χ2v) is 0.671. The van der Waals surface area contributed by atoms with Crippen molar-refractivity contribution >= 4 is 0 Å². The van der Waals surface area contributed by atoms with E-state index in [4.69, 9.17) is 46.0 Å². The molecule has 0 N–H and O–H groups in total. The second kappa shape index (κ2) is 16.7. The molecule has 0 radical (unpaired) electrons. The van der Waals surface area contributed by atoms with E-state index < -0.39 is 15.3 Å². The van der Waals surface area contributed by atoms with Gasteiger partial charge in [0.25, 0.3) is 0 Å². The zero-order valence-corrected chi connectivity index (χ0v) is 6.80. The molecule has 0 aliphatic rings. The van der Waals surface area contributed by atoms with Crippen molar-refractivity contribution in [3.63, 3.8) is 0 Å². The molecule has 0 saturated heterocycles. The molecule has 0 fully saturated rings. The first kappa shape index (κ1) is 22.5. The van der Waals surface area contributed by atoms with E-state index in [2.05, 4.69) is 0 Å². The molecule has 0 aliphatic carbocycles. The topological polar surface area (TPSA) is 199 Å². The number of nitrogens with zero attached hydrogens (tertiary/aromatic N) is 3. The second-order valence-electron chi connectivity index (χ2n) is 0.671. The van der Waals surface area contributed by atoms with Crippen LogP contribution in [0, 0.1) is 46.0 Å². The predicted octanol–water partition coefficient (Wildman–Crippen LogP) is -0.720. The van der Waals surface area contributed by atoms with Crippen molar-refractivity contribution in [1.82, 2.24) is 0 Å². The number of rotatable bonds is 0. The van der Waals surface area contributed by atoms with Gasteiger partial charge in [0.1, 0.15) is 0 Å². The van der Waals surface area contributed by atoms with Crippen LogP contribution in [0.2, 0.25) is 0 Å². The van der Waals surface area contributed by atoms with Gasteiger partial charge in [0.2, 0.25) is 0 Å². The van der Waals surface area contributed by atoms with Crippen LogP contribution in [-0.2, 0) is 22.4 Å². The molecule has 13 heavy (non-hydrogen) atoms. The monoisotopic (exact) mass is 293 g/mol. The van der Waals surface area contributed by atoms with Crippen molar-refractivity contribution < 1.29 is 37.6 Å². The smallest absolute Gasteiger partial charge is 0.356 e. The van der Waals surface area contributed by atoms with Crippen molar-refractivity contribution in [3.8, 4) is 0 Å². The van der Waals surface area contributed by atoms with E-state index in [1.54, 1.807) is 0 Å². The molecule has 0 aromatic carbocycles. The van der Waals surface area contributed by atoms with Crippen LogP contribution < -0.4 is 0 Å². The van der Waals surface area contributed by atoms with Crippen molar-refractivity contribution in [3.05, 3.63) is 46.0 Å². The van der Waals surface area contributed by atoms with E-state index >= 15 is 0 Å². The minimum Gasteiger partial charge on any atom is -0.356 e. The summed E-state index contributed by atoms with van der Waals surface area (Å²) in [6, 6.07) is 0. The van der Waals surface area contributed by atoms with Crippen LogP contribution in [0.25, 0.3) is 0 Å². The molecule has 0 aliphatic heterocycles. The summed E-state index contributed by atoms with van der Waals surface area (Å²) in [5.74, 6) is 0. The van der Waals surface area contributed by atoms with Gasteiger partial charge in [-0.3, -0.25) is 0 Å². The van der Waals surface area contributed by atoms with Gasteiger partial charge in [0, 0.05) is 0 Å². The molecule has 0 rings (SSSR count). The summed E-state index contributed by atoms with van der Waals surface area (Å²) in [5, 5.41) is 44.2. The van der Waals surface area contributed by atoms with Crippen LogP contribution in [0.5, 0.6) is 0 Å². The quantitative estimate of drug-likeness (QED) is 0.314. The van der Waals surface area contributed by atoms with E-state index in [-0.39, 0.29) is 22.4 Å². The minimum atomic E-state index is -1.75. The van der Waals surface area contributed by atoms with Gasteiger partial charge in [-0.2, -0.15) is 0 Å². The maximum Gasteiger partial charge on any atom is 3.00 e. The van der Waals surface area contributed by atoms with Crippen molar-refractivity contribution in [2.24, 2.45) is 0 Å². The zero-order chi connectivity index (χ0) is 10.7. The molecule has 0 aromatic heterocycles. The van der Waals surface area contributed by atoms with Gasteiger partial charge in [0.05, 0.1) is 15.3 Å². The maximum absolute atomic E-state index is 8.25. The summed E-state index contributed by atoms with van der Waals surface area (Å²) in [4.78, 5) is 24.8. The molecule has 80 valence electrons. The van der Waals surface area contributed by atoms with Crippen LogP contribution in [0.15, 0.2) is 0 Å². The Balaban J connectivity index is -0.0000000450. The summed E-state index contributed by atoms with van der Waals surface area (Å²) in [6.45, 7) is 0. The van der Waals surface area contributed by atoms with Crippen molar-refractivity contribution in [2.45, 2.75) is 0 Å². The Morgan fingerprint density at radius 1 is 0.538 bits per heavy atom. The molecule has 0 heterocycles. The van der Waals surface area contributed by atoms with E-state index in [0.717, 1.165) is 0 Å². The predicted molar refractivity (Wildman–Crippen MR) is 31.1 cm³/mol. The van der Waals surface area contributed by atoms with Gasteiger partial charge < -0.3 is 46.0 Å². The zero-order valence-electron chi connectivity index (χ0n) is 5.32. The summed E-state index contributed by atoms with van der Waals surface area (Å²) >= 11 is 0. The summed E-state index contributed by atoms with van der Waals surface area (Å²) < 4.78 is 0. The van der Waals surface area contributed by atoms with Crippen molar-refractivity contribution in [2.75, 3.05) is 0 Å². The normalized spacial score (nSPS) is 5.54. The van der Waals surface area contributed by atoms with E-state index in [9.17, 15) is 0 Å². The van der Waals surface area contributed by atoms with Gasteiger partial charge in [-0.1, -0.05) is 0 Å². The average Bonchev–Trinajstić information content (AvgIpc) is 1.54. The number of hydrogen-bond donors (Lipinski definition) is 0. The summed E-state index contributed by atoms with van der Waals surface area (Å²) in [7, 11) is 0. The van der Waals surface area contributed by atoms with E-state index in [1.807, 2.05) is 0 Å². The minimum absolute atomic E-state index is 0. The van der Waals surface area contributed by atoms with E-state index in [1.165, 1.54) is 0 Å². The molecule has 0 amide bonds. The Morgan fingerprint density at radius 2 is 0.538 bits per heavy atom. The van der Waals surface area contributed by atoms with Gasteiger partial charge in [0.15, 0.2) is 0 Å². The fraction of sp³-hybridized carbons (Fsp3) is 0. The van der Waals surface area contributed by atoms with Crippen LogP contribution in [-0.4, -0.2) is 15.3 Å². The molecule has 0 aromatic rings. The SMILES string of the molecule is O=[N+]([O-])[O-].O=[N+]([O-])[O-].O=[N+]([O-])[O-].[Ag+3]. The van der Waals surface area contributed by atoms with Crippen molar-refractivity contribution in [1.29, 1.82) is 0 Å². The summed E-state index contributed by atoms with van der Waals surface area (Å²) in [5.41, 5.74) is 0. The Kier molecular flexibility index (Phi) is 29.0. The van der Waals surface area contributed by atoms with Gasteiger partial charge in [-0.25, -0.2) is 0 Å². The average molecular weight is 294 g/mol. The first-order valence-electron chi connectivity index (χ1n) is 1.64. The first-order valence-corrected chi connectivity index (χ1v) is 1.64. The molecule has 0 atom stereocenters. The molecule has 0 unspecified atom stereocenters. The summed E-state index contributed by atoms with van der Waals surface area (Å²) in [6.07, 6.45) is 0. The fourth-order valence-corrected chi connectivity index (χ4v) is 0. The molecule has 0 bridgehead atoms. The van der Waals surface area contributed by atoms with Crippen LogP contribution in [0.3, 0.4) is 0 Å². The van der Waals surface area contributed by atoms with Gasteiger partial charge in [-0.05, 0) is 0 Å². The third-order valence-corrected chi connectivity index (χ3v) is 0. The van der Waals surface area contributed by atoms with E-state index in [0.29, 0.717) is 0 Å². The number of hydrogen-bond acceptors (Lipinski definition) is 9. The molecule has 13 heteroatoms. The fourth-order valence-electron chi connectivity index (χ4n) is 0. The Labute approximate surface area is 84.2 Å². The van der Waals surface area contributed by atoms with Crippen LogP contribution in [0.4, 0.5) is 0 Å². The third-order valence-electron chi connectivity index (χ3n) is 0. The molecule has 0 spiro atoms. The Hall–Kier alpha value is -1.66.